The van der Waals surface area contributed by atoms with Crippen molar-refractivity contribution in [3.63, 3.8) is 0 Å². The van der Waals surface area contributed by atoms with Crippen LogP contribution >= 0.6 is 0 Å². The molecule has 0 radical (unpaired) electrons. The van der Waals surface area contributed by atoms with Gasteiger partial charge in [0.15, 0.2) is 12.0 Å². The average molecular weight is 325 g/mol. The normalized spacial score (nSPS) is 50.0. The minimum atomic E-state index is -2.06. The van der Waals surface area contributed by atoms with Crippen LogP contribution in [-0.4, -0.2) is 99.1 Å². The van der Waals surface area contributed by atoms with Crippen molar-refractivity contribution in [2.24, 2.45) is 5.73 Å². The maximum Gasteiger partial charge on any atom is 0.165 e. The van der Waals surface area contributed by atoms with Crippen molar-refractivity contribution >= 4 is 0 Å². The van der Waals surface area contributed by atoms with Gasteiger partial charge in [0.1, 0.15) is 30.5 Å². The van der Waals surface area contributed by atoms with E-state index in [0.717, 1.165) is 0 Å². The van der Waals surface area contributed by atoms with Gasteiger partial charge in [0.25, 0.3) is 0 Å². The molecule has 2 saturated heterocycles. The molecule has 0 aromatic carbocycles. The lowest BCUT2D eigenvalue weighted by Gasteiger charge is -2.45. The zero-order valence-electron chi connectivity index (χ0n) is 11.9. The first kappa shape index (κ1) is 17.9. The highest BCUT2D eigenvalue weighted by molar-refractivity contribution is 4.95. The van der Waals surface area contributed by atoms with Crippen molar-refractivity contribution in [2.75, 3.05) is 19.8 Å². The van der Waals surface area contributed by atoms with Crippen molar-refractivity contribution in [1.29, 1.82) is 0 Å². The minimum absolute atomic E-state index is 0.123. The predicted molar refractivity (Wildman–Crippen MR) is 69.2 cm³/mol. The van der Waals surface area contributed by atoms with Crippen molar-refractivity contribution in [1.82, 2.24) is 0 Å². The summed E-state index contributed by atoms with van der Waals surface area (Å²) in [5, 5.41) is 57.6. The Morgan fingerprint density at radius 3 is 2.36 bits per heavy atom. The molecule has 8 atom stereocenters. The molecule has 2 aliphatic heterocycles. The fraction of sp³-hybridized carbons (Fsp3) is 1.00. The van der Waals surface area contributed by atoms with Gasteiger partial charge in [-0.15, -0.1) is 0 Å². The zero-order chi connectivity index (χ0) is 16.5. The highest BCUT2D eigenvalue weighted by Crippen LogP contribution is 2.28. The van der Waals surface area contributed by atoms with E-state index in [9.17, 15) is 25.5 Å². The Morgan fingerprint density at radius 2 is 1.77 bits per heavy atom. The Labute approximate surface area is 126 Å². The maximum absolute atomic E-state index is 10.1. The Morgan fingerprint density at radius 1 is 1.14 bits per heavy atom. The van der Waals surface area contributed by atoms with Crippen LogP contribution in [0.3, 0.4) is 0 Å². The second-order valence-electron chi connectivity index (χ2n) is 5.65. The molecule has 0 amide bonds. The summed E-state index contributed by atoms with van der Waals surface area (Å²) in [5.74, 6) is 0. The molecule has 0 aromatic rings. The molecule has 0 spiro atoms. The van der Waals surface area contributed by atoms with Gasteiger partial charge in [-0.2, -0.15) is 0 Å². The SMILES string of the molecule is N[C@]1(O)CO[C@H](CO)[C@@H](O[C@H]2C[C@@H](O)[C@@H](O)[C@@H](CO)O2)[C@@H]1O. The van der Waals surface area contributed by atoms with Crippen LogP contribution in [0.2, 0.25) is 0 Å². The van der Waals surface area contributed by atoms with Crippen LogP contribution in [0.1, 0.15) is 6.42 Å². The summed E-state index contributed by atoms with van der Waals surface area (Å²) >= 11 is 0. The van der Waals surface area contributed by atoms with Crippen LogP contribution < -0.4 is 5.73 Å². The maximum atomic E-state index is 10.1. The lowest BCUT2D eigenvalue weighted by Crippen LogP contribution is -2.68. The Balaban J connectivity index is 2.06. The first-order chi connectivity index (χ1) is 10.3. The number of hydrogen-bond donors (Lipinski definition) is 7. The molecule has 8 N–H and O–H groups in total. The highest BCUT2D eigenvalue weighted by Gasteiger charge is 2.49. The molecule has 10 heteroatoms. The van der Waals surface area contributed by atoms with Crippen LogP contribution in [-0.2, 0) is 14.2 Å². The fourth-order valence-electron chi connectivity index (χ4n) is 2.56. The van der Waals surface area contributed by atoms with E-state index in [1.165, 1.54) is 0 Å². The Hall–Kier alpha value is -0.400. The van der Waals surface area contributed by atoms with Gasteiger partial charge in [-0.05, 0) is 0 Å². The summed E-state index contributed by atoms with van der Waals surface area (Å²) in [4.78, 5) is 0. The standard InChI is InChI=1S/C12H23NO9/c13-12(19)4-20-7(3-15)10(11(12)18)22-8-1-5(16)9(17)6(2-14)21-8/h5-11,14-19H,1-4,13H2/t5-,6-,7-,8+,9-,10-,11+,12+/m1/s1. The van der Waals surface area contributed by atoms with E-state index in [4.69, 9.17) is 25.1 Å². The highest BCUT2D eigenvalue weighted by atomic mass is 16.7. The molecule has 22 heavy (non-hydrogen) atoms. The second-order valence-corrected chi connectivity index (χ2v) is 5.65. The van der Waals surface area contributed by atoms with Crippen molar-refractivity contribution in [2.45, 2.75) is 55.1 Å². The second kappa shape index (κ2) is 7.01. The van der Waals surface area contributed by atoms with Crippen LogP contribution in [0.5, 0.6) is 0 Å². The molecule has 0 unspecified atom stereocenters. The van der Waals surface area contributed by atoms with Gasteiger partial charge in [-0.3, -0.25) is 5.73 Å². The Bertz CT molecular complexity index is 369. The number of rotatable bonds is 4. The van der Waals surface area contributed by atoms with Gasteiger partial charge in [0.05, 0.1) is 25.9 Å². The molecule has 2 rings (SSSR count). The monoisotopic (exact) mass is 325 g/mol. The van der Waals surface area contributed by atoms with Gasteiger partial charge in [0, 0.05) is 6.42 Å². The molecule has 0 aliphatic carbocycles. The molecule has 2 aliphatic rings. The topological polar surface area (TPSA) is 175 Å². The van der Waals surface area contributed by atoms with Crippen LogP contribution in [0, 0.1) is 0 Å². The smallest absolute Gasteiger partial charge is 0.165 e. The summed E-state index contributed by atoms with van der Waals surface area (Å²) in [5.41, 5.74) is 3.43. The summed E-state index contributed by atoms with van der Waals surface area (Å²) in [6.45, 7) is -1.41. The van der Waals surface area contributed by atoms with E-state index < -0.39 is 61.9 Å². The van der Waals surface area contributed by atoms with Crippen molar-refractivity contribution in [3.05, 3.63) is 0 Å². The quantitative estimate of drug-likeness (QED) is 0.250. The van der Waals surface area contributed by atoms with E-state index >= 15 is 0 Å². The number of aliphatic hydroxyl groups excluding tert-OH is 5. The molecule has 0 aromatic heterocycles. The third-order valence-electron chi connectivity index (χ3n) is 3.92. The first-order valence-electron chi connectivity index (χ1n) is 7.00. The van der Waals surface area contributed by atoms with E-state index in [0.29, 0.717) is 0 Å². The lowest BCUT2D eigenvalue weighted by molar-refractivity contribution is -0.318. The van der Waals surface area contributed by atoms with Crippen LogP contribution in [0.15, 0.2) is 0 Å². The number of aliphatic hydroxyl groups is 6. The van der Waals surface area contributed by atoms with Gasteiger partial charge in [-0.25, -0.2) is 0 Å². The van der Waals surface area contributed by atoms with Gasteiger partial charge < -0.3 is 44.8 Å². The molecular formula is C12H23NO9. The van der Waals surface area contributed by atoms with E-state index in [1.807, 2.05) is 0 Å². The van der Waals surface area contributed by atoms with Crippen molar-refractivity contribution in [3.8, 4) is 0 Å². The summed E-state index contributed by atoms with van der Waals surface area (Å²) in [6, 6.07) is 0. The molecule has 0 bridgehead atoms. The van der Waals surface area contributed by atoms with Crippen LogP contribution in [0.25, 0.3) is 0 Å². The number of hydrogen-bond acceptors (Lipinski definition) is 10. The fourth-order valence-corrected chi connectivity index (χ4v) is 2.56. The number of ether oxygens (including phenoxy) is 3. The molecule has 2 heterocycles. The number of nitrogens with two attached hydrogens (primary N) is 1. The summed E-state index contributed by atoms with van der Waals surface area (Å²) in [6.07, 6.45) is -8.43. The predicted octanol–water partition coefficient (Wildman–Crippen LogP) is -4.40. The van der Waals surface area contributed by atoms with Crippen molar-refractivity contribution < 1.29 is 44.8 Å². The van der Waals surface area contributed by atoms with Gasteiger partial charge >= 0.3 is 0 Å². The van der Waals surface area contributed by atoms with Gasteiger partial charge in [-0.1, -0.05) is 0 Å². The van der Waals surface area contributed by atoms with Crippen LogP contribution in [0.4, 0.5) is 0 Å². The third-order valence-corrected chi connectivity index (χ3v) is 3.92. The molecule has 2 fully saturated rings. The molecular weight excluding hydrogens is 302 g/mol. The minimum Gasteiger partial charge on any atom is -0.394 e. The summed E-state index contributed by atoms with van der Waals surface area (Å²) < 4.78 is 15.9. The third kappa shape index (κ3) is 3.57. The molecule has 10 nitrogen and oxygen atoms in total. The zero-order valence-corrected chi connectivity index (χ0v) is 11.9. The summed E-state index contributed by atoms with van der Waals surface area (Å²) in [7, 11) is 0. The Kier molecular flexibility index (Phi) is 5.72. The van der Waals surface area contributed by atoms with Gasteiger partial charge in [0.2, 0.25) is 0 Å². The molecule has 130 valence electrons. The van der Waals surface area contributed by atoms with E-state index in [2.05, 4.69) is 0 Å². The largest absolute Gasteiger partial charge is 0.394 e. The van der Waals surface area contributed by atoms with E-state index in [1.54, 1.807) is 0 Å². The average Bonchev–Trinajstić information content (AvgIpc) is 2.47. The van der Waals surface area contributed by atoms with E-state index in [-0.39, 0.29) is 13.0 Å². The molecule has 0 saturated carbocycles. The first-order valence-corrected chi connectivity index (χ1v) is 7.00. The lowest BCUT2D eigenvalue weighted by atomic mass is 9.95.